The van der Waals surface area contributed by atoms with Crippen LogP contribution in [0.3, 0.4) is 0 Å². The minimum absolute atomic E-state index is 0.00919. The molecule has 112 valence electrons. The average molecular weight is 287 g/mol. The Labute approximate surface area is 114 Å². The Balaban J connectivity index is 2.64. The highest BCUT2D eigenvalue weighted by atomic mass is 16.4. The first-order chi connectivity index (χ1) is 9.36. The van der Waals surface area contributed by atoms with Gasteiger partial charge < -0.3 is 36.0 Å². The molecule has 20 heavy (non-hydrogen) atoms. The van der Waals surface area contributed by atoms with Gasteiger partial charge in [0.05, 0.1) is 6.61 Å². The molecular formula is C12H17NO7. The van der Waals surface area contributed by atoms with Crippen molar-refractivity contribution in [2.75, 3.05) is 11.9 Å². The van der Waals surface area contributed by atoms with E-state index in [9.17, 15) is 20.1 Å². The van der Waals surface area contributed by atoms with Crippen LogP contribution in [-0.4, -0.2) is 67.6 Å². The van der Waals surface area contributed by atoms with Crippen LogP contribution in [0.2, 0.25) is 0 Å². The minimum atomic E-state index is -2.00. The average Bonchev–Trinajstić information content (AvgIpc) is 2.46. The summed E-state index contributed by atoms with van der Waals surface area (Å²) in [5.41, 5.74) is 0.260. The molecule has 0 unspecified atom stereocenters. The molecule has 7 N–H and O–H groups in total. The molecule has 0 saturated carbocycles. The minimum Gasteiger partial charge on any atom is -0.508 e. The normalized spacial score (nSPS) is 17.1. The van der Waals surface area contributed by atoms with Gasteiger partial charge >= 0.3 is 0 Å². The van der Waals surface area contributed by atoms with Gasteiger partial charge in [-0.15, -0.1) is 0 Å². The van der Waals surface area contributed by atoms with E-state index in [1.165, 1.54) is 24.3 Å². The van der Waals surface area contributed by atoms with E-state index in [0.29, 0.717) is 0 Å². The Kier molecular flexibility index (Phi) is 5.86. The zero-order valence-electron chi connectivity index (χ0n) is 10.4. The van der Waals surface area contributed by atoms with E-state index in [4.69, 9.17) is 15.3 Å². The van der Waals surface area contributed by atoms with Crippen LogP contribution in [0.1, 0.15) is 0 Å². The molecule has 0 aliphatic heterocycles. The number of carbonyl (C=O) groups is 1. The summed E-state index contributed by atoms with van der Waals surface area (Å²) in [5.74, 6) is -1.02. The summed E-state index contributed by atoms with van der Waals surface area (Å²) in [6, 6.07) is 5.35. The predicted octanol–water partition coefficient (Wildman–Crippen LogP) is -2.23. The number of carbonyl (C=O) groups excluding carboxylic acids is 1. The van der Waals surface area contributed by atoms with Crippen molar-refractivity contribution < 1.29 is 35.4 Å². The number of aromatic hydroxyl groups is 1. The summed E-state index contributed by atoms with van der Waals surface area (Å²) in [7, 11) is 0. The van der Waals surface area contributed by atoms with Crippen molar-refractivity contribution in [3.8, 4) is 5.75 Å². The van der Waals surface area contributed by atoms with Gasteiger partial charge in [-0.25, -0.2) is 0 Å². The number of hydrogen-bond acceptors (Lipinski definition) is 7. The van der Waals surface area contributed by atoms with Gasteiger partial charge in [-0.3, -0.25) is 4.79 Å². The molecule has 0 saturated heterocycles. The molecule has 1 aromatic rings. The van der Waals surface area contributed by atoms with Gasteiger partial charge in [0.2, 0.25) is 0 Å². The number of nitrogens with one attached hydrogen (secondary N) is 1. The Morgan fingerprint density at radius 3 is 2.10 bits per heavy atom. The molecular weight excluding hydrogens is 270 g/mol. The van der Waals surface area contributed by atoms with Crippen molar-refractivity contribution in [2.45, 2.75) is 24.4 Å². The van der Waals surface area contributed by atoms with Gasteiger partial charge in [-0.2, -0.15) is 0 Å². The topological polar surface area (TPSA) is 150 Å². The van der Waals surface area contributed by atoms with Gasteiger partial charge in [-0.1, -0.05) is 0 Å². The highest BCUT2D eigenvalue weighted by molar-refractivity contribution is 5.94. The zero-order valence-corrected chi connectivity index (χ0v) is 10.4. The van der Waals surface area contributed by atoms with E-state index in [2.05, 4.69) is 5.32 Å². The van der Waals surface area contributed by atoms with Crippen LogP contribution in [0.4, 0.5) is 5.69 Å². The van der Waals surface area contributed by atoms with Gasteiger partial charge in [0, 0.05) is 5.69 Å². The van der Waals surface area contributed by atoms with Gasteiger partial charge in [0.25, 0.3) is 5.91 Å². The van der Waals surface area contributed by atoms with Crippen LogP contribution in [0.25, 0.3) is 0 Å². The number of aliphatic hydroxyl groups excluding tert-OH is 5. The number of phenolic OH excluding ortho intramolecular Hbond substituents is 1. The van der Waals surface area contributed by atoms with Crippen molar-refractivity contribution >= 4 is 11.6 Å². The van der Waals surface area contributed by atoms with E-state index in [1.807, 2.05) is 0 Å². The van der Waals surface area contributed by atoms with Crippen molar-refractivity contribution in [2.24, 2.45) is 0 Å². The van der Waals surface area contributed by atoms with E-state index < -0.39 is 36.9 Å². The number of phenols is 1. The van der Waals surface area contributed by atoms with Crippen molar-refractivity contribution in [1.29, 1.82) is 0 Å². The number of benzene rings is 1. The largest absolute Gasteiger partial charge is 0.508 e. The summed E-state index contributed by atoms with van der Waals surface area (Å²) < 4.78 is 0. The number of amides is 1. The van der Waals surface area contributed by atoms with Crippen LogP contribution in [0, 0.1) is 0 Å². The van der Waals surface area contributed by atoms with Gasteiger partial charge in [-0.05, 0) is 24.3 Å². The third kappa shape index (κ3) is 4.15. The Morgan fingerprint density at radius 1 is 1.05 bits per heavy atom. The first kappa shape index (κ1) is 16.3. The molecule has 0 heterocycles. The molecule has 0 bridgehead atoms. The highest BCUT2D eigenvalue weighted by Gasteiger charge is 2.34. The third-order valence-electron chi connectivity index (χ3n) is 2.66. The number of anilines is 1. The summed E-state index contributed by atoms with van der Waals surface area (Å²) in [6.45, 7) is -0.829. The van der Waals surface area contributed by atoms with Crippen molar-refractivity contribution in [1.82, 2.24) is 0 Å². The zero-order chi connectivity index (χ0) is 15.3. The first-order valence-electron chi connectivity index (χ1n) is 5.80. The number of hydrogen-bond donors (Lipinski definition) is 7. The van der Waals surface area contributed by atoms with Crippen LogP contribution >= 0.6 is 0 Å². The van der Waals surface area contributed by atoms with Crippen LogP contribution in [-0.2, 0) is 4.79 Å². The lowest BCUT2D eigenvalue weighted by Crippen LogP contribution is -2.50. The van der Waals surface area contributed by atoms with E-state index in [0.717, 1.165) is 0 Å². The predicted molar refractivity (Wildman–Crippen MR) is 67.8 cm³/mol. The fourth-order valence-corrected chi connectivity index (χ4v) is 1.44. The fraction of sp³-hybridized carbons (Fsp3) is 0.417. The standard InChI is InChI=1S/C12H17NO7/c14-5-8(16)9(17)10(18)11(19)12(20)13-6-1-3-7(15)4-2-6/h1-4,8-11,14-19H,5H2,(H,13,20)/t8-,9-,10-,11-/m1/s1. The lowest BCUT2D eigenvalue weighted by Gasteiger charge is -2.24. The Hall–Kier alpha value is -1.71. The molecule has 1 amide bonds. The molecule has 0 fully saturated rings. The van der Waals surface area contributed by atoms with Crippen LogP contribution < -0.4 is 5.32 Å². The maximum Gasteiger partial charge on any atom is 0.256 e. The summed E-state index contributed by atoms with van der Waals surface area (Å²) in [6.07, 6.45) is -7.52. The second-order valence-electron chi connectivity index (χ2n) is 4.21. The molecule has 0 spiro atoms. The molecule has 8 heteroatoms. The van der Waals surface area contributed by atoms with E-state index in [1.54, 1.807) is 0 Å². The summed E-state index contributed by atoms with van der Waals surface area (Å²) in [5, 5.41) is 57.5. The fourth-order valence-electron chi connectivity index (χ4n) is 1.44. The molecule has 0 radical (unpaired) electrons. The SMILES string of the molecule is O=C(Nc1ccc(O)cc1)[C@H](O)[C@H](O)[C@H](O)[C@H](O)CO. The van der Waals surface area contributed by atoms with Crippen LogP contribution in [0.5, 0.6) is 5.75 Å². The summed E-state index contributed by atoms with van der Waals surface area (Å²) in [4.78, 5) is 11.6. The van der Waals surface area contributed by atoms with Crippen molar-refractivity contribution in [3.63, 3.8) is 0 Å². The highest BCUT2D eigenvalue weighted by Crippen LogP contribution is 2.14. The second kappa shape index (κ2) is 7.17. The van der Waals surface area contributed by atoms with E-state index in [-0.39, 0.29) is 11.4 Å². The lowest BCUT2D eigenvalue weighted by atomic mass is 10.0. The number of rotatable bonds is 6. The maximum atomic E-state index is 11.6. The smallest absolute Gasteiger partial charge is 0.256 e. The lowest BCUT2D eigenvalue weighted by molar-refractivity contribution is -0.144. The quantitative estimate of drug-likeness (QED) is 0.292. The maximum absolute atomic E-state index is 11.6. The van der Waals surface area contributed by atoms with Gasteiger partial charge in [0.15, 0.2) is 6.10 Å². The molecule has 1 rings (SSSR count). The van der Waals surface area contributed by atoms with Crippen molar-refractivity contribution in [3.05, 3.63) is 24.3 Å². The molecule has 0 aliphatic rings. The third-order valence-corrected chi connectivity index (χ3v) is 2.66. The van der Waals surface area contributed by atoms with E-state index >= 15 is 0 Å². The van der Waals surface area contributed by atoms with Crippen LogP contribution in [0.15, 0.2) is 24.3 Å². The molecule has 8 nitrogen and oxygen atoms in total. The molecule has 1 aromatic carbocycles. The molecule has 0 aromatic heterocycles. The Bertz CT molecular complexity index is 436. The number of aliphatic hydroxyl groups is 5. The first-order valence-corrected chi connectivity index (χ1v) is 5.80. The molecule has 0 aliphatic carbocycles. The summed E-state index contributed by atoms with van der Waals surface area (Å²) >= 11 is 0. The Morgan fingerprint density at radius 2 is 1.60 bits per heavy atom. The monoisotopic (exact) mass is 287 g/mol. The second-order valence-corrected chi connectivity index (χ2v) is 4.21. The van der Waals surface area contributed by atoms with Gasteiger partial charge in [0.1, 0.15) is 24.1 Å². The molecule has 4 atom stereocenters.